The quantitative estimate of drug-likeness (QED) is 0.436. The average Bonchev–Trinajstić information content (AvgIpc) is 2.59. The highest BCUT2D eigenvalue weighted by Gasteiger charge is 2.20. The molecule has 27 heavy (non-hydrogen) atoms. The average molecular weight is 411 g/mol. The second-order valence-electron chi connectivity index (χ2n) is 5.74. The van der Waals surface area contributed by atoms with Crippen LogP contribution in [0.15, 0.2) is 36.4 Å². The van der Waals surface area contributed by atoms with E-state index in [0.717, 1.165) is 0 Å². The molecule has 9 heteroatoms. The normalized spacial score (nSPS) is 11.6. The molecule has 0 heterocycles. The van der Waals surface area contributed by atoms with Crippen LogP contribution in [0.1, 0.15) is 34.5 Å². The minimum Gasteiger partial charge on any atom is -0.452 e. The van der Waals surface area contributed by atoms with Gasteiger partial charge in [-0.3, -0.25) is 14.9 Å². The number of carbonyl (C=O) groups is 2. The number of nitrogens with one attached hydrogen (secondary N) is 1. The molecule has 2 aromatic carbocycles. The predicted octanol–water partition coefficient (Wildman–Crippen LogP) is 4.24. The Hall–Kier alpha value is -2.64. The van der Waals surface area contributed by atoms with Gasteiger partial charge in [-0.15, -0.1) is 0 Å². The predicted molar refractivity (Wildman–Crippen MR) is 101 cm³/mol. The molecule has 0 aliphatic rings. The highest BCUT2D eigenvalue weighted by Crippen LogP contribution is 2.26. The van der Waals surface area contributed by atoms with Gasteiger partial charge in [-0.25, -0.2) is 4.79 Å². The van der Waals surface area contributed by atoms with Crippen LogP contribution < -0.4 is 5.32 Å². The zero-order valence-electron chi connectivity index (χ0n) is 14.5. The zero-order chi connectivity index (χ0) is 20.1. The lowest BCUT2D eigenvalue weighted by molar-refractivity contribution is -0.385. The molecule has 7 nitrogen and oxygen atoms in total. The van der Waals surface area contributed by atoms with Gasteiger partial charge < -0.3 is 10.1 Å². The van der Waals surface area contributed by atoms with Gasteiger partial charge in [0.25, 0.3) is 11.6 Å². The van der Waals surface area contributed by atoms with Crippen molar-refractivity contribution in [2.24, 2.45) is 0 Å². The second kappa shape index (κ2) is 8.83. The van der Waals surface area contributed by atoms with E-state index in [0.29, 0.717) is 15.6 Å². The molecular formula is C18H16Cl2N2O5. The third-order valence-corrected chi connectivity index (χ3v) is 4.43. The Labute approximate surface area is 165 Å². The first-order valence-corrected chi connectivity index (χ1v) is 8.61. The molecule has 0 aliphatic heterocycles. The number of nitro groups is 1. The largest absolute Gasteiger partial charge is 0.452 e. The van der Waals surface area contributed by atoms with Crippen LogP contribution in [0.2, 0.25) is 10.0 Å². The molecule has 0 saturated carbocycles. The lowest BCUT2D eigenvalue weighted by Crippen LogP contribution is -2.31. The Kier molecular flexibility index (Phi) is 6.76. The molecule has 0 fully saturated rings. The monoisotopic (exact) mass is 410 g/mol. The van der Waals surface area contributed by atoms with E-state index in [1.807, 2.05) is 0 Å². The van der Waals surface area contributed by atoms with Crippen LogP contribution in [0.25, 0.3) is 0 Å². The molecule has 1 atom stereocenters. The van der Waals surface area contributed by atoms with E-state index in [1.54, 1.807) is 25.1 Å². The van der Waals surface area contributed by atoms with Crippen molar-refractivity contribution < 1.29 is 19.2 Å². The van der Waals surface area contributed by atoms with E-state index < -0.39 is 29.4 Å². The third kappa shape index (κ3) is 5.18. The van der Waals surface area contributed by atoms with Gasteiger partial charge in [-0.1, -0.05) is 35.3 Å². The summed E-state index contributed by atoms with van der Waals surface area (Å²) in [5, 5.41) is 14.5. The number of rotatable bonds is 6. The van der Waals surface area contributed by atoms with Gasteiger partial charge in [0.05, 0.1) is 16.5 Å². The Bertz CT molecular complexity index is 901. The van der Waals surface area contributed by atoms with Crippen LogP contribution in [-0.2, 0) is 9.53 Å². The fourth-order valence-corrected chi connectivity index (χ4v) is 3.04. The first kappa shape index (κ1) is 20.7. The van der Waals surface area contributed by atoms with E-state index in [4.69, 9.17) is 27.9 Å². The molecule has 1 N–H and O–H groups in total. The standard InChI is InChI=1S/C18H16Cl2N2O5/c1-10-13(4-3-5-16(10)22(25)26)18(24)27-9-17(23)21-11(2)14-7-6-12(19)8-15(14)20/h3-8,11H,9H2,1-2H3,(H,21,23)/t11-/m1/s1. The molecule has 2 rings (SSSR count). The summed E-state index contributed by atoms with van der Waals surface area (Å²) < 4.78 is 4.96. The van der Waals surface area contributed by atoms with E-state index in [1.165, 1.54) is 25.1 Å². The summed E-state index contributed by atoms with van der Waals surface area (Å²) in [7, 11) is 0. The SMILES string of the molecule is Cc1c(C(=O)OCC(=O)N[C@H](C)c2ccc(Cl)cc2Cl)cccc1[N+](=O)[O-]. The number of esters is 1. The van der Waals surface area contributed by atoms with Crippen LogP contribution in [0.4, 0.5) is 5.69 Å². The number of nitrogens with zero attached hydrogens (tertiary/aromatic N) is 1. The fraction of sp³-hybridized carbons (Fsp3) is 0.222. The Morgan fingerprint density at radius 2 is 1.96 bits per heavy atom. The molecule has 0 spiro atoms. The molecule has 2 aromatic rings. The number of halogens is 2. The van der Waals surface area contributed by atoms with Gasteiger partial charge >= 0.3 is 5.97 Å². The van der Waals surface area contributed by atoms with E-state index in [9.17, 15) is 19.7 Å². The van der Waals surface area contributed by atoms with E-state index >= 15 is 0 Å². The van der Waals surface area contributed by atoms with Gasteiger partial charge in [-0.2, -0.15) is 0 Å². The molecule has 0 radical (unpaired) electrons. The third-order valence-electron chi connectivity index (χ3n) is 3.86. The van der Waals surface area contributed by atoms with Gasteiger partial charge in [-0.05, 0) is 37.6 Å². The molecule has 0 bridgehead atoms. The number of hydrogen-bond acceptors (Lipinski definition) is 5. The Balaban J connectivity index is 1.98. The summed E-state index contributed by atoms with van der Waals surface area (Å²) in [6.07, 6.45) is 0. The molecule has 0 aromatic heterocycles. The Morgan fingerprint density at radius 1 is 1.26 bits per heavy atom. The van der Waals surface area contributed by atoms with Gasteiger partial charge in [0.15, 0.2) is 6.61 Å². The molecular weight excluding hydrogens is 395 g/mol. The second-order valence-corrected chi connectivity index (χ2v) is 6.58. The Morgan fingerprint density at radius 3 is 2.59 bits per heavy atom. The molecule has 0 unspecified atom stereocenters. The van der Waals surface area contributed by atoms with Crippen LogP contribution in [0.5, 0.6) is 0 Å². The van der Waals surface area contributed by atoms with Crippen LogP contribution in [-0.4, -0.2) is 23.4 Å². The highest BCUT2D eigenvalue weighted by molar-refractivity contribution is 6.35. The smallest absolute Gasteiger partial charge is 0.339 e. The molecule has 0 aliphatic carbocycles. The maximum Gasteiger partial charge on any atom is 0.339 e. The molecule has 1 amide bonds. The summed E-state index contributed by atoms with van der Waals surface area (Å²) >= 11 is 11.9. The van der Waals surface area contributed by atoms with Crippen molar-refractivity contribution in [3.05, 3.63) is 73.2 Å². The highest BCUT2D eigenvalue weighted by atomic mass is 35.5. The van der Waals surface area contributed by atoms with Gasteiger partial charge in [0.1, 0.15) is 0 Å². The lowest BCUT2D eigenvalue weighted by atomic mass is 10.1. The summed E-state index contributed by atoms with van der Waals surface area (Å²) in [5.41, 5.74) is 0.676. The zero-order valence-corrected chi connectivity index (χ0v) is 16.0. The maximum atomic E-state index is 12.1. The molecule has 142 valence electrons. The number of hydrogen-bond donors (Lipinski definition) is 1. The topological polar surface area (TPSA) is 98.5 Å². The van der Waals surface area contributed by atoms with Crippen LogP contribution in [0, 0.1) is 17.0 Å². The van der Waals surface area contributed by atoms with Crippen molar-refractivity contribution in [3.8, 4) is 0 Å². The van der Waals surface area contributed by atoms with Crippen molar-refractivity contribution in [2.75, 3.05) is 6.61 Å². The van der Waals surface area contributed by atoms with Crippen LogP contribution >= 0.6 is 23.2 Å². The van der Waals surface area contributed by atoms with Crippen LogP contribution in [0.3, 0.4) is 0 Å². The minimum absolute atomic E-state index is 0.0331. The first-order valence-electron chi connectivity index (χ1n) is 7.86. The summed E-state index contributed by atoms with van der Waals surface area (Å²) in [4.78, 5) is 34.5. The number of carbonyl (C=O) groups excluding carboxylic acids is 2. The van der Waals surface area contributed by atoms with Crippen molar-refractivity contribution in [2.45, 2.75) is 19.9 Å². The number of benzene rings is 2. The van der Waals surface area contributed by atoms with Crippen molar-refractivity contribution in [1.29, 1.82) is 0 Å². The summed E-state index contributed by atoms with van der Waals surface area (Å²) in [6, 6.07) is 8.54. The van der Waals surface area contributed by atoms with Gasteiger partial charge in [0.2, 0.25) is 0 Å². The van der Waals surface area contributed by atoms with E-state index in [-0.39, 0.29) is 16.8 Å². The van der Waals surface area contributed by atoms with Crippen molar-refractivity contribution in [1.82, 2.24) is 5.32 Å². The number of nitro benzene ring substituents is 1. The lowest BCUT2D eigenvalue weighted by Gasteiger charge is -2.16. The summed E-state index contributed by atoms with van der Waals surface area (Å²) in [6.45, 7) is 2.63. The number of ether oxygens (including phenoxy) is 1. The maximum absolute atomic E-state index is 12.1. The summed E-state index contributed by atoms with van der Waals surface area (Å²) in [5.74, 6) is -1.35. The molecule has 0 saturated heterocycles. The van der Waals surface area contributed by atoms with Crippen molar-refractivity contribution >= 4 is 40.8 Å². The fourth-order valence-electron chi connectivity index (χ4n) is 2.46. The minimum atomic E-state index is -0.816. The van der Waals surface area contributed by atoms with E-state index in [2.05, 4.69) is 5.32 Å². The van der Waals surface area contributed by atoms with Gasteiger partial charge in [0, 0.05) is 21.7 Å². The van der Waals surface area contributed by atoms with Crippen molar-refractivity contribution in [3.63, 3.8) is 0 Å². The first-order chi connectivity index (χ1) is 12.7. The number of amides is 1.